The van der Waals surface area contributed by atoms with Gasteiger partial charge in [-0.15, -0.1) is 0 Å². The van der Waals surface area contributed by atoms with Gasteiger partial charge in [-0.1, -0.05) is 0 Å². The lowest BCUT2D eigenvalue weighted by atomic mass is 10.3. The molecule has 7 nitrogen and oxygen atoms in total. The van der Waals surface area contributed by atoms with Gasteiger partial charge in [0.2, 0.25) is 0 Å². The van der Waals surface area contributed by atoms with Crippen molar-refractivity contribution in [2.75, 3.05) is 65.6 Å². The number of piperazine rings is 1. The Morgan fingerprint density at radius 2 is 1.42 bits per heavy atom. The molecule has 0 unspecified atom stereocenters. The predicted molar refractivity (Wildman–Crippen MR) is 67.5 cm³/mol. The summed E-state index contributed by atoms with van der Waals surface area (Å²) < 4.78 is 5.17. The van der Waals surface area contributed by atoms with Gasteiger partial charge in [-0.25, -0.2) is 0 Å². The minimum absolute atomic E-state index is 0.126. The summed E-state index contributed by atoms with van der Waals surface area (Å²) in [5, 5.41) is 8.86. The van der Waals surface area contributed by atoms with Crippen LogP contribution in [0.3, 0.4) is 0 Å². The summed E-state index contributed by atoms with van der Waals surface area (Å²) in [4.78, 5) is 29.4. The molecule has 2 saturated heterocycles. The molecule has 1 N–H and O–H groups in total. The van der Waals surface area contributed by atoms with Crippen LogP contribution in [0.15, 0.2) is 0 Å². The number of hydrogen-bond donors (Lipinski definition) is 1. The number of hydrogen-bond acceptors (Lipinski definition) is 5. The second kappa shape index (κ2) is 6.83. The Morgan fingerprint density at radius 1 is 0.895 bits per heavy atom. The topological polar surface area (TPSA) is 73.3 Å². The molecule has 0 atom stereocenters. The van der Waals surface area contributed by atoms with Crippen molar-refractivity contribution in [2.24, 2.45) is 0 Å². The molecule has 0 radical (unpaired) electrons. The summed E-state index contributed by atoms with van der Waals surface area (Å²) in [6.07, 6.45) is 0. The van der Waals surface area contributed by atoms with Gasteiger partial charge in [0.25, 0.3) is 0 Å². The zero-order valence-corrected chi connectivity index (χ0v) is 11.1. The lowest BCUT2D eigenvalue weighted by molar-refractivity contribution is -0.155. The molecule has 0 bridgehead atoms. The summed E-state index contributed by atoms with van der Waals surface area (Å²) in [5.74, 6) is -0.829. The summed E-state index contributed by atoms with van der Waals surface area (Å²) in [7, 11) is 0. The van der Waals surface area contributed by atoms with Crippen LogP contribution in [0.4, 0.5) is 0 Å². The first-order chi connectivity index (χ1) is 9.22. The van der Waals surface area contributed by atoms with E-state index in [4.69, 9.17) is 9.84 Å². The molecular formula is C12H21N3O4. The SMILES string of the molecule is O=C(C(=O)N1CCN(CCO)CC1)N1CCOCC1. The van der Waals surface area contributed by atoms with Gasteiger partial charge in [0.1, 0.15) is 0 Å². The Bertz CT molecular complexity index is 323. The van der Waals surface area contributed by atoms with Crippen molar-refractivity contribution < 1.29 is 19.4 Å². The van der Waals surface area contributed by atoms with E-state index in [1.165, 1.54) is 0 Å². The van der Waals surface area contributed by atoms with Crippen LogP contribution < -0.4 is 0 Å². The molecule has 108 valence electrons. The van der Waals surface area contributed by atoms with E-state index in [1.54, 1.807) is 9.80 Å². The molecule has 2 aliphatic rings. The van der Waals surface area contributed by atoms with Gasteiger partial charge >= 0.3 is 11.8 Å². The highest BCUT2D eigenvalue weighted by atomic mass is 16.5. The van der Waals surface area contributed by atoms with Crippen LogP contribution in [0.5, 0.6) is 0 Å². The van der Waals surface area contributed by atoms with Gasteiger partial charge in [-0.2, -0.15) is 0 Å². The number of ether oxygens (including phenoxy) is 1. The summed E-state index contributed by atoms with van der Waals surface area (Å²) in [5.41, 5.74) is 0. The number of aliphatic hydroxyl groups excluding tert-OH is 1. The Balaban J connectivity index is 1.81. The van der Waals surface area contributed by atoms with E-state index in [0.717, 1.165) is 0 Å². The van der Waals surface area contributed by atoms with Crippen LogP contribution in [0, 0.1) is 0 Å². The maximum absolute atomic E-state index is 12.1. The lowest BCUT2D eigenvalue weighted by Gasteiger charge is -2.35. The highest BCUT2D eigenvalue weighted by molar-refractivity contribution is 6.34. The van der Waals surface area contributed by atoms with Gasteiger partial charge in [0.05, 0.1) is 19.8 Å². The second-order valence-electron chi connectivity index (χ2n) is 4.76. The smallest absolute Gasteiger partial charge is 0.312 e. The van der Waals surface area contributed by atoms with Crippen molar-refractivity contribution in [1.82, 2.24) is 14.7 Å². The Labute approximate surface area is 112 Å². The van der Waals surface area contributed by atoms with Crippen LogP contribution in [0.1, 0.15) is 0 Å². The average Bonchev–Trinajstić information content (AvgIpc) is 2.48. The molecule has 0 aromatic heterocycles. The van der Waals surface area contributed by atoms with E-state index in [9.17, 15) is 9.59 Å². The number of morpholine rings is 1. The maximum Gasteiger partial charge on any atom is 0.312 e. The molecular weight excluding hydrogens is 250 g/mol. The normalized spacial score (nSPS) is 21.5. The summed E-state index contributed by atoms with van der Waals surface area (Å²) in [6, 6.07) is 0. The zero-order chi connectivity index (χ0) is 13.7. The van der Waals surface area contributed by atoms with Crippen LogP contribution in [-0.4, -0.2) is 97.3 Å². The van der Waals surface area contributed by atoms with Gasteiger partial charge in [0.15, 0.2) is 0 Å². The molecule has 2 amide bonds. The molecule has 0 saturated carbocycles. The molecule has 0 aromatic rings. The number of β-amino-alcohol motifs (C(OH)–C–C–N with tert-alkyl or cyclic N) is 1. The Morgan fingerprint density at radius 3 is 1.95 bits per heavy atom. The average molecular weight is 271 g/mol. The number of rotatable bonds is 2. The van der Waals surface area contributed by atoms with Crippen LogP contribution in [0.25, 0.3) is 0 Å². The largest absolute Gasteiger partial charge is 0.395 e. The van der Waals surface area contributed by atoms with Gasteiger partial charge in [0, 0.05) is 45.8 Å². The number of carbonyl (C=O) groups is 2. The van der Waals surface area contributed by atoms with E-state index >= 15 is 0 Å². The quantitative estimate of drug-likeness (QED) is 0.587. The fourth-order valence-electron chi connectivity index (χ4n) is 2.35. The van der Waals surface area contributed by atoms with E-state index in [0.29, 0.717) is 59.0 Å². The van der Waals surface area contributed by atoms with Gasteiger partial charge in [-0.3, -0.25) is 14.5 Å². The van der Waals surface area contributed by atoms with E-state index in [2.05, 4.69) is 4.90 Å². The van der Waals surface area contributed by atoms with E-state index < -0.39 is 11.8 Å². The van der Waals surface area contributed by atoms with Gasteiger partial charge in [-0.05, 0) is 0 Å². The molecule has 2 fully saturated rings. The molecule has 2 heterocycles. The Hall–Kier alpha value is -1.18. The summed E-state index contributed by atoms with van der Waals surface area (Å²) >= 11 is 0. The Kier molecular flexibility index (Phi) is 5.12. The number of carbonyl (C=O) groups excluding carboxylic acids is 2. The number of nitrogens with zero attached hydrogens (tertiary/aromatic N) is 3. The van der Waals surface area contributed by atoms with Gasteiger partial charge < -0.3 is 19.6 Å². The van der Waals surface area contributed by atoms with Crippen LogP contribution >= 0.6 is 0 Å². The van der Waals surface area contributed by atoms with Crippen molar-refractivity contribution in [3.8, 4) is 0 Å². The third-order valence-electron chi connectivity index (χ3n) is 3.56. The minimum atomic E-state index is -0.418. The first-order valence-corrected chi connectivity index (χ1v) is 6.71. The van der Waals surface area contributed by atoms with Crippen LogP contribution in [-0.2, 0) is 14.3 Å². The highest BCUT2D eigenvalue weighted by Crippen LogP contribution is 2.05. The van der Waals surface area contributed by atoms with Crippen molar-refractivity contribution in [2.45, 2.75) is 0 Å². The number of amides is 2. The highest BCUT2D eigenvalue weighted by Gasteiger charge is 2.30. The zero-order valence-electron chi connectivity index (χ0n) is 11.1. The fraction of sp³-hybridized carbons (Fsp3) is 0.833. The third kappa shape index (κ3) is 3.65. The fourth-order valence-corrected chi connectivity index (χ4v) is 2.35. The molecule has 0 aliphatic carbocycles. The van der Waals surface area contributed by atoms with Crippen molar-refractivity contribution in [3.63, 3.8) is 0 Å². The van der Waals surface area contributed by atoms with E-state index in [-0.39, 0.29) is 6.61 Å². The standard InChI is InChI=1S/C12H21N3O4/c16-8-5-13-1-3-14(4-2-13)11(17)12(18)15-6-9-19-10-7-15/h16H,1-10H2. The van der Waals surface area contributed by atoms with E-state index in [1.807, 2.05) is 0 Å². The summed E-state index contributed by atoms with van der Waals surface area (Å²) in [6.45, 7) is 5.27. The molecule has 0 spiro atoms. The first kappa shape index (κ1) is 14.2. The predicted octanol–water partition coefficient (Wildman–Crippen LogP) is -2.02. The van der Waals surface area contributed by atoms with Crippen molar-refractivity contribution in [1.29, 1.82) is 0 Å². The molecule has 0 aromatic carbocycles. The maximum atomic E-state index is 12.1. The van der Waals surface area contributed by atoms with Crippen molar-refractivity contribution >= 4 is 11.8 Å². The molecule has 19 heavy (non-hydrogen) atoms. The second-order valence-corrected chi connectivity index (χ2v) is 4.76. The number of aliphatic hydroxyl groups is 1. The molecule has 7 heteroatoms. The first-order valence-electron chi connectivity index (χ1n) is 6.71. The van der Waals surface area contributed by atoms with Crippen LogP contribution in [0.2, 0.25) is 0 Å². The monoisotopic (exact) mass is 271 g/mol. The molecule has 2 aliphatic heterocycles. The lowest BCUT2D eigenvalue weighted by Crippen LogP contribution is -2.54. The molecule has 2 rings (SSSR count). The minimum Gasteiger partial charge on any atom is -0.395 e. The third-order valence-corrected chi connectivity index (χ3v) is 3.56. The van der Waals surface area contributed by atoms with Crippen molar-refractivity contribution in [3.05, 3.63) is 0 Å².